The van der Waals surface area contributed by atoms with Crippen molar-refractivity contribution in [3.63, 3.8) is 0 Å². The molecule has 0 spiro atoms. The lowest BCUT2D eigenvalue weighted by Crippen LogP contribution is -2.42. The average molecular weight is 399 g/mol. The number of hydrogen-bond donors (Lipinski definition) is 2. The third-order valence-corrected chi connectivity index (χ3v) is 4.32. The molecule has 4 aromatic rings. The van der Waals surface area contributed by atoms with E-state index in [0.29, 0.717) is 33.3 Å². The maximum Gasteiger partial charge on any atom is 0.413 e. The van der Waals surface area contributed by atoms with Gasteiger partial charge in [-0.3, -0.25) is 4.68 Å². The van der Waals surface area contributed by atoms with Gasteiger partial charge in [0.15, 0.2) is 16.9 Å². The van der Waals surface area contributed by atoms with Crippen molar-refractivity contribution >= 4 is 39.8 Å². The summed E-state index contributed by atoms with van der Waals surface area (Å²) < 4.78 is 7.16. The number of aromatic amines is 1. The molecule has 28 heavy (non-hydrogen) atoms. The van der Waals surface area contributed by atoms with Crippen LogP contribution < -0.4 is 10.1 Å². The van der Waals surface area contributed by atoms with Gasteiger partial charge in [0.2, 0.25) is 0 Å². The molecule has 0 fully saturated rings. The lowest BCUT2D eigenvalue weighted by Gasteiger charge is -2.19. The highest BCUT2D eigenvalue weighted by Crippen LogP contribution is 2.30. The minimum atomic E-state index is -0.557. The number of carbonyl (C=O) groups is 1. The van der Waals surface area contributed by atoms with Crippen LogP contribution in [0.3, 0.4) is 0 Å². The highest BCUT2D eigenvalue weighted by Gasteiger charge is 2.19. The predicted molar refractivity (Wildman–Crippen MR) is 108 cm³/mol. The second-order valence-electron chi connectivity index (χ2n) is 7.50. The number of halogens is 1. The molecule has 0 aliphatic heterocycles. The molecule has 0 aliphatic rings. The summed E-state index contributed by atoms with van der Waals surface area (Å²) in [4.78, 5) is 24.1. The van der Waals surface area contributed by atoms with Gasteiger partial charge in [-0.05, 0) is 39.0 Å². The fraction of sp³-hybridized carbons (Fsp3) is 0.263. The highest BCUT2D eigenvalue weighted by atomic mass is 35.5. The molecule has 2 N–H and O–H groups in total. The van der Waals surface area contributed by atoms with Gasteiger partial charge in [-0.1, -0.05) is 11.6 Å². The van der Waals surface area contributed by atoms with Gasteiger partial charge in [0, 0.05) is 29.2 Å². The number of amides is 1. The zero-order chi connectivity index (χ0) is 20.1. The first kappa shape index (κ1) is 18.2. The fourth-order valence-corrected chi connectivity index (χ4v) is 3.08. The van der Waals surface area contributed by atoms with Gasteiger partial charge in [0.05, 0.1) is 11.7 Å². The molecule has 0 atom stereocenters. The van der Waals surface area contributed by atoms with E-state index in [1.54, 1.807) is 17.1 Å². The van der Waals surface area contributed by atoms with Crippen LogP contribution in [-0.2, 0) is 7.05 Å². The van der Waals surface area contributed by atoms with Crippen LogP contribution in [0.2, 0.25) is 5.02 Å². The molecule has 144 valence electrons. The highest BCUT2D eigenvalue weighted by molar-refractivity contribution is 6.31. The second-order valence-corrected chi connectivity index (χ2v) is 7.94. The summed E-state index contributed by atoms with van der Waals surface area (Å²) in [5.74, 6) is 0.300. The van der Waals surface area contributed by atoms with Gasteiger partial charge in [-0.15, -0.1) is 0 Å². The van der Waals surface area contributed by atoms with Gasteiger partial charge in [-0.25, -0.2) is 14.8 Å². The Morgan fingerprint density at radius 1 is 1.32 bits per heavy atom. The lowest BCUT2D eigenvalue weighted by molar-refractivity contribution is 0.191. The van der Waals surface area contributed by atoms with Crippen LogP contribution in [0.1, 0.15) is 20.8 Å². The topological polar surface area (TPSA) is 97.7 Å². The van der Waals surface area contributed by atoms with Crippen molar-refractivity contribution in [2.45, 2.75) is 26.3 Å². The van der Waals surface area contributed by atoms with E-state index in [4.69, 9.17) is 16.3 Å². The number of fused-ring (bicyclic) bond motifs is 2. The number of benzene rings is 1. The van der Waals surface area contributed by atoms with Crippen LogP contribution in [0.25, 0.3) is 33.5 Å². The molecule has 8 nitrogen and oxygen atoms in total. The molecular formula is C19H19ClN6O2. The number of H-pyrrole nitrogens is 1. The molecule has 0 radical (unpaired) electrons. The Hall–Kier alpha value is -3.13. The van der Waals surface area contributed by atoms with Crippen LogP contribution in [0, 0.1) is 0 Å². The average Bonchev–Trinajstić information content (AvgIpc) is 3.14. The quantitative estimate of drug-likeness (QED) is 0.530. The zero-order valence-electron chi connectivity index (χ0n) is 15.9. The van der Waals surface area contributed by atoms with Gasteiger partial charge < -0.3 is 15.0 Å². The lowest BCUT2D eigenvalue weighted by atomic mass is 10.1. The molecule has 4 rings (SSSR count). The van der Waals surface area contributed by atoms with Gasteiger partial charge in [0.1, 0.15) is 11.4 Å². The third kappa shape index (κ3) is 3.38. The summed E-state index contributed by atoms with van der Waals surface area (Å²) in [6.07, 6.45) is 2.64. The summed E-state index contributed by atoms with van der Waals surface area (Å²) >= 11 is 6.10. The molecular weight excluding hydrogens is 380 g/mol. The Labute approximate surface area is 165 Å². The van der Waals surface area contributed by atoms with Crippen LogP contribution >= 0.6 is 11.6 Å². The second kappa shape index (κ2) is 6.49. The van der Waals surface area contributed by atoms with E-state index in [2.05, 4.69) is 25.4 Å². The van der Waals surface area contributed by atoms with Gasteiger partial charge in [0.25, 0.3) is 0 Å². The van der Waals surface area contributed by atoms with Gasteiger partial charge in [-0.2, -0.15) is 5.10 Å². The first-order chi connectivity index (χ1) is 13.2. The van der Waals surface area contributed by atoms with Crippen molar-refractivity contribution in [1.29, 1.82) is 0 Å². The van der Waals surface area contributed by atoms with Crippen LogP contribution in [0.15, 0.2) is 30.6 Å². The normalized spacial score (nSPS) is 11.9. The van der Waals surface area contributed by atoms with E-state index < -0.39 is 11.6 Å². The molecule has 9 heteroatoms. The smallest absolute Gasteiger partial charge is 0.406 e. The van der Waals surface area contributed by atoms with Crippen molar-refractivity contribution in [3.8, 4) is 17.1 Å². The molecule has 0 aliphatic carbocycles. The molecule has 0 bridgehead atoms. The number of nitrogens with zero attached hydrogens (tertiary/aromatic N) is 4. The number of carbonyl (C=O) groups excluding carboxylic acids is 1. The zero-order valence-corrected chi connectivity index (χ0v) is 16.6. The van der Waals surface area contributed by atoms with Crippen LogP contribution in [-0.4, -0.2) is 36.4 Å². The SMILES string of the molecule is Cn1nc(-c2cnc3[nH]cc(OC(=O)NC(C)(C)C)c3n2)c2ccc(Cl)cc21. The van der Waals surface area contributed by atoms with Crippen molar-refractivity contribution < 1.29 is 9.53 Å². The van der Waals surface area contributed by atoms with Gasteiger partial charge >= 0.3 is 6.09 Å². The number of nitrogens with one attached hydrogen (secondary N) is 2. The molecule has 1 aromatic carbocycles. The van der Waals surface area contributed by atoms with E-state index >= 15 is 0 Å². The third-order valence-electron chi connectivity index (χ3n) is 4.08. The van der Waals surface area contributed by atoms with Crippen molar-refractivity contribution in [2.75, 3.05) is 0 Å². The summed E-state index contributed by atoms with van der Waals surface area (Å²) in [7, 11) is 1.84. The monoisotopic (exact) mass is 398 g/mol. The standard InChI is InChI=1S/C19H19ClN6O2/c1-19(2,3)24-18(27)28-14-9-22-17-16(14)23-12(8-21-17)15-11-6-5-10(20)7-13(11)26(4)25-15/h5-9H,1-4H3,(H,21,22)(H,24,27). The van der Waals surface area contributed by atoms with E-state index in [1.165, 1.54) is 0 Å². The van der Waals surface area contributed by atoms with Crippen LogP contribution in [0.5, 0.6) is 5.75 Å². The number of hydrogen-bond acceptors (Lipinski definition) is 5. The minimum absolute atomic E-state index is 0.300. The predicted octanol–water partition coefficient (Wildman–Crippen LogP) is 4.05. The molecule has 0 saturated carbocycles. The Morgan fingerprint density at radius 2 is 2.11 bits per heavy atom. The number of aryl methyl sites for hydroxylation is 1. The van der Waals surface area contributed by atoms with Crippen molar-refractivity contribution in [3.05, 3.63) is 35.6 Å². The molecule has 0 unspecified atom stereocenters. The number of ether oxygens (including phenoxy) is 1. The van der Waals surface area contributed by atoms with E-state index in [1.807, 2.05) is 46.0 Å². The van der Waals surface area contributed by atoms with Crippen molar-refractivity contribution in [1.82, 2.24) is 30.0 Å². The Kier molecular flexibility index (Phi) is 4.23. The number of rotatable bonds is 2. The maximum atomic E-state index is 12.1. The Morgan fingerprint density at radius 3 is 2.86 bits per heavy atom. The van der Waals surface area contributed by atoms with Crippen LogP contribution in [0.4, 0.5) is 4.79 Å². The number of aromatic nitrogens is 5. The Bertz CT molecular complexity index is 1200. The first-order valence-electron chi connectivity index (χ1n) is 8.68. The summed E-state index contributed by atoms with van der Waals surface area (Å²) in [6, 6.07) is 5.56. The first-order valence-corrected chi connectivity index (χ1v) is 9.06. The minimum Gasteiger partial charge on any atom is -0.406 e. The summed E-state index contributed by atoms with van der Waals surface area (Å²) in [5.41, 5.74) is 2.70. The Balaban J connectivity index is 1.75. The molecule has 1 amide bonds. The molecule has 3 heterocycles. The van der Waals surface area contributed by atoms with Crippen molar-refractivity contribution in [2.24, 2.45) is 7.05 Å². The summed E-state index contributed by atoms with van der Waals surface area (Å²) in [6.45, 7) is 5.62. The van der Waals surface area contributed by atoms with E-state index in [9.17, 15) is 4.79 Å². The van der Waals surface area contributed by atoms with E-state index in [-0.39, 0.29) is 0 Å². The largest absolute Gasteiger partial charge is 0.413 e. The summed E-state index contributed by atoms with van der Waals surface area (Å²) in [5, 5.41) is 8.85. The maximum absolute atomic E-state index is 12.1. The molecule has 3 aromatic heterocycles. The van der Waals surface area contributed by atoms with E-state index in [0.717, 1.165) is 10.9 Å². The fourth-order valence-electron chi connectivity index (χ4n) is 2.91. The molecule has 0 saturated heterocycles.